The second-order valence-electron chi connectivity index (χ2n) is 7.52. The van der Waals surface area contributed by atoms with Crippen LogP contribution in [0.4, 0.5) is 0 Å². The van der Waals surface area contributed by atoms with E-state index in [2.05, 4.69) is 30.9 Å². The topological polar surface area (TPSA) is 53.0 Å². The number of aliphatic hydroxyl groups is 1. The third-order valence-electron chi connectivity index (χ3n) is 5.37. The van der Waals surface area contributed by atoms with Gasteiger partial charge in [0.1, 0.15) is 18.5 Å². The van der Waals surface area contributed by atoms with Crippen molar-refractivity contribution >= 4 is 5.91 Å². The molecule has 1 saturated heterocycles. The molecule has 138 valence electrons. The molecule has 1 aliphatic heterocycles. The fraction of sp³-hybridized carbons (Fsp3) is 0.650. The molecule has 1 aromatic rings. The Morgan fingerprint density at radius 3 is 2.44 bits per heavy atom. The van der Waals surface area contributed by atoms with Crippen molar-refractivity contribution in [3.63, 3.8) is 0 Å². The number of ether oxygens (including phenoxy) is 1. The molecule has 1 aliphatic carbocycles. The number of carbonyl (C=O) groups excluding carboxylic acids is 1. The normalized spacial score (nSPS) is 19.8. The van der Waals surface area contributed by atoms with Gasteiger partial charge >= 0.3 is 0 Å². The first kappa shape index (κ1) is 18.2. The van der Waals surface area contributed by atoms with Gasteiger partial charge in [0, 0.05) is 38.6 Å². The molecule has 2 aliphatic rings. The van der Waals surface area contributed by atoms with Gasteiger partial charge in [-0.3, -0.25) is 9.69 Å². The van der Waals surface area contributed by atoms with E-state index < -0.39 is 6.10 Å². The molecule has 5 heteroatoms. The van der Waals surface area contributed by atoms with Crippen LogP contribution in [-0.2, 0) is 4.79 Å². The number of rotatable bonds is 6. The molecule has 1 atom stereocenters. The van der Waals surface area contributed by atoms with E-state index in [9.17, 15) is 9.90 Å². The monoisotopic (exact) mass is 346 g/mol. The molecule has 1 heterocycles. The minimum Gasteiger partial charge on any atom is -0.490 e. The molecule has 3 rings (SSSR count). The van der Waals surface area contributed by atoms with E-state index in [-0.39, 0.29) is 0 Å². The highest BCUT2D eigenvalue weighted by molar-refractivity contribution is 5.81. The summed E-state index contributed by atoms with van der Waals surface area (Å²) in [6.07, 6.45) is 1.60. The molecule has 1 unspecified atom stereocenters. The van der Waals surface area contributed by atoms with E-state index in [1.54, 1.807) is 0 Å². The van der Waals surface area contributed by atoms with Gasteiger partial charge in [0.25, 0.3) is 0 Å². The predicted octanol–water partition coefficient (Wildman–Crippen LogP) is 1.91. The molecule has 0 radical (unpaired) electrons. The Labute approximate surface area is 150 Å². The van der Waals surface area contributed by atoms with E-state index >= 15 is 0 Å². The quantitative estimate of drug-likeness (QED) is 0.855. The summed E-state index contributed by atoms with van der Waals surface area (Å²) in [4.78, 5) is 16.3. The number of hydrogen-bond acceptors (Lipinski definition) is 4. The molecule has 1 aromatic carbocycles. The third-order valence-corrected chi connectivity index (χ3v) is 5.37. The van der Waals surface area contributed by atoms with Crippen LogP contribution in [0.25, 0.3) is 0 Å². The average molecular weight is 346 g/mol. The highest BCUT2D eigenvalue weighted by atomic mass is 16.5. The van der Waals surface area contributed by atoms with Crippen LogP contribution in [0.1, 0.15) is 29.5 Å². The Morgan fingerprint density at radius 2 is 1.80 bits per heavy atom. The van der Waals surface area contributed by atoms with Gasteiger partial charge < -0.3 is 14.7 Å². The zero-order chi connectivity index (χ0) is 18.0. The molecule has 1 amide bonds. The van der Waals surface area contributed by atoms with Crippen LogP contribution in [0, 0.1) is 26.7 Å². The number of aryl methyl sites for hydroxylation is 2. The maximum absolute atomic E-state index is 12.1. The maximum atomic E-state index is 12.1. The number of nitrogens with zero attached hydrogens (tertiary/aromatic N) is 2. The Bertz CT molecular complexity index is 620. The predicted molar refractivity (Wildman–Crippen MR) is 97.9 cm³/mol. The largest absolute Gasteiger partial charge is 0.490 e. The SMILES string of the molecule is Cc1ccc(C)c(OCC(O)CN2CCN(C(=O)C3CC3)CC2)c1C. The summed E-state index contributed by atoms with van der Waals surface area (Å²) < 4.78 is 5.91. The molecular weight excluding hydrogens is 316 g/mol. The lowest BCUT2D eigenvalue weighted by Gasteiger charge is -2.35. The van der Waals surface area contributed by atoms with Crippen LogP contribution in [-0.4, -0.2) is 66.2 Å². The van der Waals surface area contributed by atoms with Crippen LogP contribution in [0.2, 0.25) is 0 Å². The maximum Gasteiger partial charge on any atom is 0.225 e. The zero-order valence-corrected chi connectivity index (χ0v) is 15.6. The molecular formula is C20H30N2O3. The molecule has 1 N–H and O–H groups in total. The number of β-amino-alcohol motifs (C(OH)–C–C–N with tert-alkyl or cyclic N) is 1. The third kappa shape index (κ3) is 4.53. The Hall–Kier alpha value is -1.59. The number of hydrogen-bond donors (Lipinski definition) is 1. The van der Waals surface area contributed by atoms with E-state index in [1.165, 1.54) is 5.56 Å². The number of benzene rings is 1. The molecule has 0 bridgehead atoms. The Balaban J connectivity index is 1.43. The minimum absolute atomic E-state index is 0.298. The van der Waals surface area contributed by atoms with E-state index in [0.29, 0.717) is 25.0 Å². The van der Waals surface area contributed by atoms with Gasteiger partial charge in [-0.25, -0.2) is 0 Å². The van der Waals surface area contributed by atoms with E-state index in [4.69, 9.17) is 4.74 Å². The zero-order valence-electron chi connectivity index (χ0n) is 15.6. The summed E-state index contributed by atoms with van der Waals surface area (Å²) in [7, 11) is 0. The number of amides is 1. The summed E-state index contributed by atoms with van der Waals surface area (Å²) in [6.45, 7) is 10.3. The number of aliphatic hydroxyl groups excluding tert-OH is 1. The average Bonchev–Trinajstić information content (AvgIpc) is 3.43. The van der Waals surface area contributed by atoms with Crippen molar-refractivity contribution in [2.45, 2.75) is 39.7 Å². The molecule has 0 aromatic heterocycles. The van der Waals surface area contributed by atoms with Crippen LogP contribution in [0.5, 0.6) is 5.75 Å². The molecule has 25 heavy (non-hydrogen) atoms. The van der Waals surface area contributed by atoms with Crippen molar-refractivity contribution in [3.8, 4) is 5.75 Å². The van der Waals surface area contributed by atoms with Gasteiger partial charge in [0.2, 0.25) is 5.91 Å². The number of piperazine rings is 1. The second-order valence-corrected chi connectivity index (χ2v) is 7.52. The highest BCUT2D eigenvalue weighted by Crippen LogP contribution is 2.31. The first-order valence-electron chi connectivity index (χ1n) is 9.34. The summed E-state index contributed by atoms with van der Waals surface area (Å²) in [5.41, 5.74) is 3.44. The van der Waals surface area contributed by atoms with Crippen molar-refractivity contribution in [3.05, 3.63) is 28.8 Å². The fourth-order valence-electron chi connectivity index (χ4n) is 3.42. The highest BCUT2D eigenvalue weighted by Gasteiger charge is 2.34. The summed E-state index contributed by atoms with van der Waals surface area (Å²) in [5, 5.41) is 10.3. The van der Waals surface area contributed by atoms with Crippen molar-refractivity contribution in [2.24, 2.45) is 5.92 Å². The smallest absolute Gasteiger partial charge is 0.225 e. The minimum atomic E-state index is -0.523. The standard InChI is InChI=1S/C20H30N2O3/c1-14-4-5-15(2)19(16(14)3)25-13-18(23)12-21-8-10-22(11-9-21)20(24)17-6-7-17/h4-5,17-18,23H,6-13H2,1-3H3. The first-order chi connectivity index (χ1) is 12.0. The second kappa shape index (κ2) is 7.75. The molecule has 2 fully saturated rings. The van der Waals surface area contributed by atoms with Crippen molar-refractivity contribution in [1.29, 1.82) is 0 Å². The summed E-state index contributed by atoms with van der Waals surface area (Å²) in [6, 6.07) is 4.15. The fourth-order valence-corrected chi connectivity index (χ4v) is 3.42. The first-order valence-corrected chi connectivity index (χ1v) is 9.34. The molecule has 5 nitrogen and oxygen atoms in total. The van der Waals surface area contributed by atoms with Gasteiger partial charge in [-0.15, -0.1) is 0 Å². The lowest BCUT2D eigenvalue weighted by molar-refractivity contribution is -0.134. The van der Waals surface area contributed by atoms with Crippen LogP contribution >= 0.6 is 0 Å². The van der Waals surface area contributed by atoms with Gasteiger partial charge in [0.15, 0.2) is 0 Å². The number of carbonyl (C=O) groups is 1. The Morgan fingerprint density at radius 1 is 1.16 bits per heavy atom. The van der Waals surface area contributed by atoms with Gasteiger partial charge in [0.05, 0.1) is 0 Å². The van der Waals surface area contributed by atoms with E-state index in [1.807, 2.05) is 11.8 Å². The van der Waals surface area contributed by atoms with E-state index in [0.717, 1.165) is 55.9 Å². The van der Waals surface area contributed by atoms with Crippen LogP contribution < -0.4 is 4.74 Å². The lowest BCUT2D eigenvalue weighted by atomic mass is 10.1. The molecule has 1 saturated carbocycles. The summed E-state index contributed by atoms with van der Waals surface area (Å²) >= 11 is 0. The Kier molecular flexibility index (Phi) is 5.64. The van der Waals surface area contributed by atoms with Crippen LogP contribution in [0.15, 0.2) is 12.1 Å². The van der Waals surface area contributed by atoms with Gasteiger partial charge in [-0.1, -0.05) is 12.1 Å². The summed E-state index contributed by atoms with van der Waals surface area (Å²) in [5.74, 6) is 1.51. The van der Waals surface area contributed by atoms with Crippen molar-refractivity contribution in [1.82, 2.24) is 9.80 Å². The van der Waals surface area contributed by atoms with Gasteiger partial charge in [-0.05, 0) is 50.3 Å². The lowest BCUT2D eigenvalue weighted by Crippen LogP contribution is -2.51. The molecule has 0 spiro atoms. The van der Waals surface area contributed by atoms with Crippen LogP contribution in [0.3, 0.4) is 0 Å². The van der Waals surface area contributed by atoms with Gasteiger partial charge in [-0.2, -0.15) is 0 Å². The van der Waals surface area contributed by atoms with Crippen molar-refractivity contribution in [2.75, 3.05) is 39.3 Å². The van der Waals surface area contributed by atoms with Crippen molar-refractivity contribution < 1.29 is 14.6 Å².